The van der Waals surface area contributed by atoms with E-state index in [4.69, 9.17) is 24.0 Å². The van der Waals surface area contributed by atoms with Gasteiger partial charge in [0.2, 0.25) is 11.8 Å². The number of amides is 1. The van der Waals surface area contributed by atoms with Crippen LogP contribution in [0.4, 0.5) is 0 Å². The highest BCUT2D eigenvalue weighted by atomic mass is 16.5. The fourth-order valence-corrected chi connectivity index (χ4v) is 7.70. The van der Waals surface area contributed by atoms with Crippen molar-refractivity contribution in [2.24, 2.45) is 5.41 Å². The Kier molecular flexibility index (Phi) is 7.58. The molecule has 2 aliphatic rings. The molecule has 0 unspecified atom stereocenters. The first-order valence-electron chi connectivity index (χ1n) is 16.5. The first-order valence-corrected chi connectivity index (χ1v) is 16.5. The zero-order valence-corrected chi connectivity index (χ0v) is 28.4. The van der Waals surface area contributed by atoms with Crippen LogP contribution >= 0.6 is 0 Å². The third-order valence-corrected chi connectivity index (χ3v) is 10.2. The highest BCUT2D eigenvalue weighted by Crippen LogP contribution is 2.43. The predicted octanol–water partition coefficient (Wildman–Crippen LogP) is 5.85. The number of nitriles is 1. The first kappa shape index (κ1) is 31.6. The Morgan fingerprint density at radius 1 is 1.00 bits per heavy atom. The number of rotatable bonds is 8. The van der Waals surface area contributed by atoms with Crippen molar-refractivity contribution < 1.29 is 23.8 Å². The van der Waals surface area contributed by atoms with Gasteiger partial charge in [-0.2, -0.15) is 10.4 Å². The van der Waals surface area contributed by atoms with Gasteiger partial charge >= 0.3 is 0 Å². The molecule has 4 heterocycles. The molecule has 2 saturated heterocycles. The van der Waals surface area contributed by atoms with E-state index < -0.39 is 0 Å². The predicted molar refractivity (Wildman–Crippen MR) is 188 cm³/mol. The molecule has 1 amide bonds. The monoisotopic (exact) mass is 668 g/mol. The molecule has 6 aromatic rings. The minimum atomic E-state index is -0.190. The summed E-state index contributed by atoms with van der Waals surface area (Å²) in [7, 11) is 3.35. The number of methoxy groups -OCH3 is 2. The van der Waals surface area contributed by atoms with Gasteiger partial charge in [0.15, 0.2) is 5.58 Å². The summed E-state index contributed by atoms with van der Waals surface area (Å²) < 4.78 is 19.9. The Balaban J connectivity index is 1.12. The summed E-state index contributed by atoms with van der Waals surface area (Å²) >= 11 is 0. The van der Waals surface area contributed by atoms with Crippen LogP contribution in [0, 0.1) is 23.7 Å². The van der Waals surface area contributed by atoms with Gasteiger partial charge in [-0.15, -0.1) is 0 Å². The Bertz CT molecular complexity index is 2330. The van der Waals surface area contributed by atoms with E-state index in [1.54, 1.807) is 33.3 Å². The van der Waals surface area contributed by atoms with E-state index in [9.17, 15) is 15.2 Å². The molecule has 1 spiro atoms. The van der Waals surface area contributed by atoms with Crippen molar-refractivity contribution >= 4 is 27.9 Å². The Morgan fingerprint density at radius 2 is 1.70 bits per heavy atom. The molecule has 0 bridgehead atoms. The maximum Gasteiger partial charge on any atom is 0.227 e. The van der Waals surface area contributed by atoms with Crippen LogP contribution in [0.2, 0.25) is 0 Å². The quantitative estimate of drug-likeness (QED) is 0.212. The maximum absolute atomic E-state index is 11.7. The van der Waals surface area contributed by atoms with E-state index >= 15 is 0 Å². The highest BCUT2D eigenvalue weighted by molar-refractivity contribution is 5.97. The molecule has 0 aliphatic carbocycles. The minimum Gasteiger partial charge on any atom is -0.496 e. The third-order valence-electron chi connectivity index (χ3n) is 10.2. The number of likely N-dealkylation sites (tertiary alicyclic amines) is 2. The number of carbonyl (C=O) groups excluding carboxylic acids is 1. The van der Waals surface area contributed by atoms with Crippen molar-refractivity contribution in [3.05, 3.63) is 89.1 Å². The number of carbonyl (C=O) groups is 1. The topological polar surface area (TPSA) is 130 Å². The van der Waals surface area contributed by atoms with Crippen LogP contribution in [0.5, 0.6) is 11.5 Å². The molecule has 252 valence electrons. The summed E-state index contributed by atoms with van der Waals surface area (Å²) in [6.07, 6.45) is 1.88. The van der Waals surface area contributed by atoms with Crippen LogP contribution in [0.15, 0.2) is 71.3 Å². The molecular formula is C39H36N6O5. The summed E-state index contributed by atoms with van der Waals surface area (Å²) in [5.74, 6) is 2.01. The standard InChI is InChI=1S/C39H36N6O5/c1-23-28(7-5-8-29(23)38-42-33-12-25(18-46)11-26(15-40)37(33)50-38)30-9-6-10-34-31(30)16-41-45(34)27-13-35(48-3)32(36(14-27)49-4)17-43-19-39(20-43)21-44(22-39)24(2)47/h5-14,16,46H,17-22H2,1-4H3. The number of fused-ring (bicyclic) bond motifs is 2. The Hall–Kier alpha value is -5.70. The molecule has 11 heteroatoms. The second kappa shape index (κ2) is 12.0. The van der Waals surface area contributed by atoms with E-state index in [1.807, 2.05) is 59.1 Å². The van der Waals surface area contributed by atoms with Gasteiger partial charge in [-0.3, -0.25) is 9.69 Å². The van der Waals surface area contributed by atoms with Gasteiger partial charge in [0.25, 0.3) is 0 Å². The lowest BCUT2D eigenvalue weighted by molar-refractivity contribution is -0.157. The zero-order valence-electron chi connectivity index (χ0n) is 28.4. The van der Waals surface area contributed by atoms with Crippen LogP contribution in [0.25, 0.3) is 50.3 Å². The first-order chi connectivity index (χ1) is 24.2. The van der Waals surface area contributed by atoms with E-state index in [0.717, 1.165) is 82.1 Å². The van der Waals surface area contributed by atoms with E-state index in [0.29, 0.717) is 34.7 Å². The largest absolute Gasteiger partial charge is 0.496 e. The normalized spacial score (nSPS) is 15.2. The molecule has 50 heavy (non-hydrogen) atoms. The van der Waals surface area contributed by atoms with Crippen LogP contribution in [-0.4, -0.2) is 76.0 Å². The molecule has 0 saturated carbocycles. The van der Waals surface area contributed by atoms with Crippen molar-refractivity contribution in [1.29, 1.82) is 5.26 Å². The van der Waals surface area contributed by atoms with Crippen LogP contribution in [-0.2, 0) is 17.9 Å². The van der Waals surface area contributed by atoms with Crippen LogP contribution in [0.1, 0.15) is 29.2 Å². The number of hydrogen-bond donors (Lipinski definition) is 1. The molecule has 1 N–H and O–H groups in total. The van der Waals surface area contributed by atoms with Crippen molar-refractivity contribution in [2.45, 2.75) is 27.0 Å². The second-order valence-corrected chi connectivity index (χ2v) is 13.4. The van der Waals surface area contributed by atoms with Crippen LogP contribution in [0.3, 0.4) is 0 Å². The molecular weight excluding hydrogens is 632 g/mol. The number of ether oxygens (including phenoxy) is 2. The molecule has 0 radical (unpaired) electrons. The summed E-state index contributed by atoms with van der Waals surface area (Å²) in [6, 6.07) is 21.7. The van der Waals surface area contributed by atoms with Gasteiger partial charge in [0.1, 0.15) is 23.1 Å². The number of benzene rings is 4. The molecule has 11 nitrogen and oxygen atoms in total. The van der Waals surface area contributed by atoms with Gasteiger partial charge in [0, 0.05) is 68.1 Å². The average molecular weight is 669 g/mol. The summed E-state index contributed by atoms with van der Waals surface area (Å²) in [6.45, 7) is 7.71. The fourth-order valence-electron chi connectivity index (χ4n) is 7.70. The van der Waals surface area contributed by atoms with E-state index in [-0.39, 0.29) is 17.9 Å². The Morgan fingerprint density at radius 3 is 2.38 bits per heavy atom. The smallest absolute Gasteiger partial charge is 0.227 e. The molecule has 2 aliphatic heterocycles. The van der Waals surface area contributed by atoms with Crippen LogP contribution < -0.4 is 9.47 Å². The lowest BCUT2D eigenvalue weighted by atomic mass is 9.72. The lowest BCUT2D eigenvalue weighted by Gasteiger charge is -2.60. The number of oxazole rings is 1. The minimum absolute atomic E-state index is 0.143. The number of hydrogen-bond acceptors (Lipinski definition) is 9. The van der Waals surface area contributed by atoms with E-state index in [2.05, 4.69) is 23.1 Å². The zero-order chi connectivity index (χ0) is 34.7. The molecule has 2 fully saturated rings. The summed E-state index contributed by atoms with van der Waals surface area (Å²) in [5, 5.41) is 25.2. The number of aromatic nitrogens is 3. The number of aliphatic hydroxyl groups is 1. The van der Waals surface area contributed by atoms with Crippen molar-refractivity contribution in [3.63, 3.8) is 0 Å². The van der Waals surface area contributed by atoms with E-state index in [1.165, 1.54) is 0 Å². The molecule has 0 atom stereocenters. The molecule has 2 aromatic heterocycles. The molecule has 4 aromatic carbocycles. The molecule has 8 rings (SSSR count). The summed E-state index contributed by atoms with van der Waals surface area (Å²) in [4.78, 5) is 20.7. The SMILES string of the molecule is COc1cc(-n2ncc3c(-c4cccc(-c5nc6cc(CO)cc(C#N)c6o5)c4C)cccc32)cc(OC)c1CN1CC2(C1)CN(C(C)=O)C2. The van der Waals surface area contributed by atoms with Gasteiger partial charge in [-0.1, -0.05) is 24.3 Å². The van der Waals surface area contributed by atoms with Gasteiger partial charge in [-0.05, 0) is 53.4 Å². The lowest BCUT2D eigenvalue weighted by Crippen LogP contribution is -2.72. The number of nitrogens with zero attached hydrogens (tertiary/aromatic N) is 6. The third kappa shape index (κ3) is 5.07. The maximum atomic E-state index is 11.7. The second-order valence-electron chi connectivity index (χ2n) is 13.4. The average Bonchev–Trinajstić information content (AvgIpc) is 3.73. The summed E-state index contributed by atoms with van der Waals surface area (Å²) in [5.41, 5.74) is 8.59. The number of aliphatic hydroxyl groups excluding tert-OH is 1. The van der Waals surface area contributed by atoms with Crippen molar-refractivity contribution in [1.82, 2.24) is 24.6 Å². The fraction of sp³-hybridized carbons (Fsp3) is 0.282. The van der Waals surface area contributed by atoms with Gasteiger partial charge in [0.05, 0.1) is 49.4 Å². The van der Waals surface area contributed by atoms with Crippen molar-refractivity contribution in [3.8, 4) is 45.8 Å². The highest BCUT2D eigenvalue weighted by Gasteiger charge is 2.52. The van der Waals surface area contributed by atoms with Crippen molar-refractivity contribution in [2.75, 3.05) is 40.4 Å². The Labute approximate surface area is 288 Å². The van der Waals surface area contributed by atoms with Gasteiger partial charge < -0.3 is 23.9 Å². The van der Waals surface area contributed by atoms with Gasteiger partial charge in [-0.25, -0.2) is 9.67 Å².